The number of nitrogens with two attached hydrogens (primary N) is 1. The highest BCUT2D eigenvalue weighted by Gasteiger charge is 2.34. The number of nitrogens with one attached hydrogen (secondary N) is 1. The van der Waals surface area contributed by atoms with Crippen LogP contribution in [-0.4, -0.2) is 24.5 Å². The molecule has 1 fully saturated rings. The number of aliphatic imine (C=N–C) groups is 1. The fraction of sp³-hybridized carbons (Fsp3) is 0.172. The van der Waals surface area contributed by atoms with Gasteiger partial charge < -0.3 is 19.5 Å². The van der Waals surface area contributed by atoms with Crippen LogP contribution >= 0.6 is 0 Å². The van der Waals surface area contributed by atoms with Gasteiger partial charge >= 0.3 is 0 Å². The number of aromatic nitrogens is 1. The van der Waals surface area contributed by atoms with E-state index in [0.29, 0.717) is 19.8 Å². The van der Waals surface area contributed by atoms with Gasteiger partial charge in [-0.25, -0.2) is 4.99 Å². The van der Waals surface area contributed by atoms with Gasteiger partial charge in [0, 0.05) is 16.7 Å². The first kappa shape index (κ1) is 22.4. The minimum absolute atomic E-state index is 0.343. The Bertz CT molecular complexity index is 1390. The van der Waals surface area contributed by atoms with Crippen molar-refractivity contribution in [2.45, 2.75) is 18.6 Å². The van der Waals surface area contributed by atoms with E-state index in [1.54, 1.807) is 12.5 Å². The van der Waals surface area contributed by atoms with Crippen LogP contribution < -0.4 is 15.8 Å². The van der Waals surface area contributed by atoms with Crippen LogP contribution in [0.3, 0.4) is 0 Å². The number of pyridine rings is 1. The molecule has 0 aliphatic carbocycles. The van der Waals surface area contributed by atoms with Crippen molar-refractivity contribution in [2.24, 2.45) is 10.7 Å². The van der Waals surface area contributed by atoms with Crippen molar-refractivity contribution in [3.63, 3.8) is 0 Å². The molecule has 180 valence electrons. The molecule has 0 spiro atoms. The molecule has 3 heterocycles. The zero-order valence-corrected chi connectivity index (χ0v) is 19.6. The van der Waals surface area contributed by atoms with Gasteiger partial charge in [0.15, 0.2) is 12.0 Å². The normalized spacial score (nSPS) is 19.0. The average Bonchev–Trinajstić information content (AvgIpc) is 3.48. The average molecular weight is 479 g/mol. The number of benzene rings is 3. The summed E-state index contributed by atoms with van der Waals surface area (Å²) in [5.74, 6) is 0.771. The summed E-state index contributed by atoms with van der Waals surface area (Å²) in [5.41, 5.74) is 12.2. The molecular formula is C29H26N4O3. The molecule has 1 unspecified atom stereocenters. The number of ether oxygens (including phenoxy) is 3. The predicted octanol–water partition coefficient (Wildman–Crippen LogP) is 4.99. The van der Waals surface area contributed by atoms with Gasteiger partial charge in [0.25, 0.3) is 0 Å². The SMILES string of the molecule is NC1(c2ccc(OCc3ccccc3)cc2)N=CNc2cnc(-c3cccc(C4OCCO4)c3)cc21. The summed E-state index contributed by atoms with van der Waals surface area (Å²) in [6.45, 7) is 1.70. The molecule has 2 aliphatic heterocycles. The molecule has 0 radical (unpaired) electrons. The summed E-state index contributed by atoms with van der Waals surface area (Å²) in [4.78, 5) is 9.32. The molecule has 1 saturated heterocycles. The zero-order chi connectivity index (χ0) is 24.4. The third-order valence-electron chi connectivity index (χ3n) is 6.42. The molecule has 4 aromatic rings. The number of anilines is 1. The molecule has 3 N–H and O–H groups in total. The van der Waals surface area contributed by atoms with Crippen LogP contribution in [0.15, 0.2) is 96.1 Å². The van der Waals surface area contributed by atoms with E-state index in [1.807, 2.05) is 84.9 Å². The molecule has 0 saturated carbocycles. The molecule has 0 bridgehead atoms. The van der Waals surface area contributed by atoms with Crippen molar-refractivity contribution < 1.29 is 14.2 Å². The maximum Gasteiger partial charge on any atom is 0.184 e. The van der Waals surface area contributed by atoms with Gasteiger partial charge in [0.05, 0.1) is 37.1 Å². The van der Waals surface area contributed by atoms with E-state index >= 15 is 0 Å². The van der Waals surface area contributed by atoms with Crippen LogP contribution in [0.4, 0.5) is 5.69 Å². The Labute approximate surface area is 209 Å². The van der Waals surface area contributed by atoms with E-state index in [-0.39, 0.29) is 6.29 Å². The molecule has 0 amide bonds. The van der Waals surface area contributed by atoms with Crippen LogP contribution in [0, 0.1) is 0 Å². The Morgan fingerprint density at radius 3 is 2.56 bits per heavy atom. The molecule has 3 aromatic carbocycles. The number of hydrogen-bond donors (Lipinski definition) is 2. The Morgan fingerprint density at radius 1 is 0.944 bits per heavy atom. The van der Waals surface area contributed by atoms with Crippen LogP contribution in [-0.2, 0) is 21.7 Å². The van der Waals surface area contributed by atoms with Gasteiger partial charge in [-0.2, -0.15) is 0 Å². The van der Waals surface area contributed by atoms with Crippen molar-refractivity contribution in [1.29, 1.82) is 0 Å². The molecule has 7 heteroatoms. The lowest BCUT2D eigenvalue weighted by Gasteiger charge is -2.31. The number of nitrogens with zero attached hydrogens (tertiary/aromatic N) is 2. The smallest absolute Gasteiger partial charge is 0.184 e. The van der Waals surface area contributed by atoms with E-state index in [1.165, 1.54) is 0 Å². The standard InChI is InChI=1S/C29H26N4O3/c30-29(23-9-11-24(12-10-23)36-18-20-5-2-1-3-6-20)25-16-26(31-17-27(25)32-19-33-29)21-7-4-8-22(15-21)28-34-13-14-35-28/h1-12,15-17,19,28H,13-14,18,30H2,(H,32,33). The molecule has 1 atom stereocenters. The fourth-order valence-corrected chi connectivity index (χ4v) is 4.49. The zero-order valence-electron chi connectivity index (χ0n) is 19.6. The summed E-state index contributed by atoms with van der Waals surface area (Å²) in [6, 6.07) is 27.9. The fourth-order valence-electron chi connectivity index (χ4n) is 4.49. The van der Waals surface area contributed by atoms with E-state index in [4.69, 9.17) is 19.9 Å². The third kappa shape index (κ3) is 4.35. The summed E-state index contributed by atoms with van der Waals surface area (Å²) in [6.07, 6.45) is 3.08. The Hall–Kier alpha value is -4.04. The van der Waals surface area contributed by atoms with Gasteiger partial charge in [-0.15, -0.1) is 0 Å². The van der Waals surface area contributed by atoms with Gasteiger partial charge in [0.2, 0.25) is 0 Å². The first-order chi connectivity index (χ1) is 17.7. The maximum atomic E-state index is 6.94. The lowest BCUT2D eigenvalue weighted by Crippen LogP contribution is -2.39. The van der Waals surface area contributed by atoms with Gasteiger partial charge in [0.1, 0.15) is 12.4 Å². The maximum absolute atomic E-state index is 6.94. The minimum atomic E-state index is -1.06. The molecule has 36 heavy (non-hydrogen) atoms. The van der Waals surface area contributed by atoms with Crippen LogP contribution in [0.5, 0.6) is 5.75 Å². The number of rotatable bonds is 6. The molecule has 2 aliphatic rings. The topological polar surface area (TPSA) is 91.0 Å². The van der Waals surface area contributed by atoms with Gasteiger partial charge in [-0.05, 0) is 35.4 Å². The van der Waals surface area contributed by atoms with E-state index < -0.39 is 5.66 Å². The Kier molecular flexibility index (Phi) is 5.95. The molecular weight excluding hydrogens is 452 g/mol. The van der Waals surface area contributed by atoms with Crippen molar-refractivity contribution in [2.75, 3.05) is 18.5 Å². The summed E-state index contributed by atoms with van der Waals surface area (Å²) in [7, 11) is 0. The number of hydrogen-bond acceptors (Lipinski definition) is 7. The second kappa shape index (κ2) is 9.54. The van der Waals surface area contributed by atoms with Gasteiger partial charge in [-0.3, -0.25) is 10.7 Å². The van der Waals surface area contributed by atoms with Crippen molar-refractivity contribution in [3.8, 4) is 17.0 Å². The quantitative estimate of drug-likeness (QED) is 0.406. The van der Waals surface area contributed by atoms with E-state index in [9.17, 15) is 0 Å². The van der Waals surface area contributed by atoms with Gasteiger partial charge in [-0.1, -0.05) is 60.7 Å². The van der Waals surface area contributed by atoms with E-state index in [2.05, 4.69) is 15.3 Å². The monoisotopic (exact) mass is 478 g/mol. The first-order valence-electron chi connectivity index (χ1n) is 11.9. The van der Waals surface area contributed by atoms with Crippen LogP contribution in [0.1, 0.15) is 28.5 Å². The highest BCUT2D eigenvalue weighted by atomic mass is 16.7. The third-order valence-corrected chi connectivity index (χ3v) is 6.42. The second-order valence-electron chi connectivity index (χ2n) is 8.78. The Morgan fingerprint density at radius 2 is 1.75 bits per heavy atom. The summed E-state index contributed by atoms with van der Waals surface area (Å²) < 4.78 is 17.3. The Balaban J connectivity index is 1.28. The largest absolute Gasteiger partial charge is 0.489 e. The van der Waals surface area contributed by atoms with Crippen LogP contribution in [0.25, 0.3) is 11.3 Å². The van der Waals surface area contributed by atoms with Crippen molar-refractivity contribution >= 4 is 12.0 Å². The van der Waals surface area contributed by atoms with Crippen molar-refractivity contribution in [1.82, 2.24) is 4.98 Å². The second-order valence-corrected chi connectivity index (χ2v) is 8.78. The summed E-state index contributed by atoms with van der Waals surface area (Å²) >= 11 is 0. The molecule has 6 rings (SSSR count). The van der Waals surface area contributed by atoms with Crippen molar-refractivity contribution in [3.05, 3.63) is 113 Å². The predicted molar refractivity (Wildman–Crippen MR) is 139 cm³/mol. The molecule has 1 aromatic heterocycles. The lowest BCUT2D eigenvalue weighted by atomic mass is 9.90. The summed E-state index contributed by atoms with van der Waals surface area (Å²) in [5, 5.41) is 3.17. The number of fused-ring (bicyclic) bond motifs is 1. The van der Waals surface area contributed by atoms with Crippen LogP contribution in [0.2, 0.25) is 0 Å². The minimum Gasteiger partial charge on any atom is -0.489 e. The molecule has 7 nitrogen and oxygen atoms in total. The lowest BCUT2D eigenvalue weighted by molar-refractivity contribution is -0.0440. The highest BCUT2D eigenvalue weighted by molar-refractivity contribution is 5.83. The first-order valence-corrected chi connectivity index (χ1v) is 11.9. The van der Waals surface area contributed by atoms with E-state index in [0.717, 1.165) is 44.9 Å². The highest BCUT2D eigenvalue weighted by Crippen LogP contribution is 2.38.